The Hall–Kier alpha value is -2.06. The van der Waals surface area contributed by atoms with E-state index >= 15 is 0 Å². The van der Waals surface area contributed by atoms with E-state index in [4.69, 9.17) is 4.74 Å². The largest absolute Gasteiger partial charge is 0.378 e. The SMILES string of the molecule is O=[N+]([O-])c1ccc(CNC2COC2)c([N+](=O)[O-])c1. The predicted molar refractivity (Wildman–Crippen MR) is 61.2 cm³/mol. The summed E-state index contributed by atoms with van der Waals surface area (Å²) >= 11 is 0. The van der Waals surface area contributed by atoms with E-state index < -0.39 is 9.85 Å². The molecule has 8 nitrogen and oxygen atoms in total. The molecule has 1 heterocycles. The molecule has 1 aliphatic heterocycles. The van der Waals surface area contributed by atoms with Gasteiger partial charge in [0.25, 0.3) is 11.4 Å². The molecule has 0 radical (unpaired) electrons. The van der Waals surface area contributed by atoms with Gasteiger partial charge in [0, 0.05) is 18.2 Å². The first kappa shape index (κ1) is 12.4. The highest BCUT2D eigenvalue weighted by Crippen LogP contribution is 2.24. The van der Waals surface area contributed by atoms with Crippen molar-refractivity contribution in [2.45, 2.75) is 12.6 Å². The molecule has 1 aromatic carbocycles. The maximum Gasteiger partial charge on any atom is 0.280 e. The maximum absolute atomic E-state index is 10.9. The van der Waals surface area contributed by atoms with Gasteiger partial charge < -0.3 is 10.1 Å². The van der Waals surface area contributed by atoms with Crippen molar-refractivity contribution in [3.05, 3.63) is 44.0 Å². The fourth-order valence-electron chi connectivity index (χ4n) is 1.59. The van der Waals surface area contributed by atoms with Crippen LogP contribution in [0.4, 0.5) is 11.4 Å². The number of ether oxygens (including phenoxy) is 1. The van der Waals surface area contributed by atoms with Gasteiger partial charge in [-0.1, -0.05) is 0 Å². The van der Waals surface area contributed by atoms with Crippen LogP contribution in [0.15, 0.2) is 18.2 Å². The highest BCUT2D eigenvalue weighted by Gasteiger charge is 2.22. The number of non-ortho nitro benzene ring substituents is 1. The minimum atomic E-state index is -0.649. The van der Waals surface area contributed by atoms with Crippen LogP contribution < -0.4 is 5.32 Å². The summed E-state index contributed by atoms with van der Waals surface area (Å²) in [4.78, 5) is 20.2. The maximum atomic E-state index is 10.9. The van der Waals surface area contributed by atoms with Crippen molar-refractivity contribution in [2.24, 2.45) is 0 Å². The van der Waals surface area contributed by atoms with Crippen LogP contribution in [0.25, 0.3) is 0 Å². The minimum Gasteiger partial charge on any atom is -0.378 e. The lowest BCUT2D eigenvalue weighted by Crippen LogP contribution is -2.45. The first-order valence-electron chi connectivity index (χ1n) is 5.31. The van der Waals surface area contributed by atoms with Gasteiger partial charge >= 0.3 is 0 Å². The zero-order valence-electron chi connectivity index (χ0n) is 9.37. The van der Waals surface area contributed by atoms with Crippen molar-refractivity contribution < 1.29 is 14.6 Å². The molecular weight excluding hydrogens is 242 g/mol. The molecule has 0 aromatic heterocycles. The fraction of sp³-hybridized carbons (Fsp3) is 0.400. The average molecular weight is 253 g/mol. The molecule has 0 spiro atoms. The van der Waals surface area contributed by atoms with E-state index in [0.717, 1.165) is 6.07 Å². The molecule has 18 heavy (non-hydrogen) atoms. The van der Waals surface area contributed by atoms with Gasteiger partial charge in [-0.3, -0.25) is 20.2 Å². The molecule has 1 aliphatic rings. The molecule has 1 fully saturated rings. The number of nitro groups is 2. The number of nitrogens with one attached hydrogen (secondary N) is 1. The second kappa shape index (κ2) is 5.07. The second-order valence-electron chi connectivity index (χ2n) is 3.94. The van der Waals surface area contributed by atoms with E-state index in [0.29, 0.717) is 25.3 Å². The lowest BCUT2D eigenvalue weighted by atomic mass is 10.1. The van der Waals surface area contributed by atoms with E-state index in [2.05, 4.69) is 5.32 Å². The van der Waals surface area contributed by atoms with Crippen molar-refractivity contribution >= 4 is 11.4 Å². The summed E-state index contributed by atoms with van der Waals surface area (Å²) in [5.41, 5.74) is -0.0909. The number of nitro benzene ring substituents is 2. The molecule has 1 N–H and O–H groups in total. The standard InChI is InChI=1S/C10H11N3O5/c14-12(15)9-2-1-7(10(3-9)13(16)17)4-11-8-5-18-6-8/h1-3,8,11H,4-6H2. The Balaban J connectivity index is 2.16. The van der Waals surface area contributed by atoms with E-state index in [1.807, 2.05) is 0 Å². The van der Waals surface area contributed by atoms with Crippen LogP contribution in [0, 0.1) is 20.2 Å². The van der Waals surface area contributed by atoms with Gasteiger partial charge in [-0.15, -0.1) is 0 Å². The zero-order chi connectivity index (χ0) is 13.1. The molecule has 1 aromatic rings. The van der Waals surface area contributed by atoms with Gasteiger partial charge in [-0.2, -0.15) is 0 Å². The third-order valence-corrected chi connectivity index (χ3v) is 2.70. The van der Waals surface area contributed by atoms with Gasteiger partial charge in [0.15, 0.2) is 0 Å². The average Bonchev–Trinajstić information content (AvgIpc) is 2.26. The summed E-state index contributed by atoms with van der Waals surface area (Å²) in [6, 6.07) is 3.85. The lowest BCUT2D eigenvalue weighted by molar-refractivity contribution is -0.394. The van der Waals surface area contributed by atoms with Crippen molar-refractivity contribution in [1.29, 1.82) is 0 Å². The number of hydrogen-bond donors (Lipinski definition) is 1. The Labute approximate surface area is 102 Å². The Kier molecular flexibility index (Phi) is 3.49. The summed E-state index contributed by atoms with van der Waals surface area (Å²) in [6.07, 6.45) is 0. The Morgan fingerprint density at radius 3 is 2.50 bits per heavy atom. The van der Waals surface area contributed by atoms with Crippen LogP contribution in [0.2, 0.25) is 0 Å². The monoisotopic (exact) mass is 253 g/mol. The van der Waals surface area contributed by atoms with E-state index in [1.54, 1.807) is 0 Å². The van der Waals surface area contributed by atoms with Crippen LogP contribution in [0.3, 0.4) is 0 Å². The molecule has 0 amide bonds. The van der Waals surface area contributed by atoms with Crippen LogP contribution in [0.1, 0.15) is 5.56 Å². The first-order chi connectivity index (χ1) is 8.58. The summed E-state index contributed by atoms with van der Waals surface area (Å²) in [5, 5.41) is 24.5. The second-order valence-corrected chi connectivity index (χ2v) is 3.94. The molecular formula is C10H11N3O5. The van der Waals surface area contributed by atoms with Crippen molar-refractivity contribution in [2.75, 3.05) is 13.2 Å². The van der Waals surface area contributed by atoms with Crippen LogP contribution in [-0.4, -0.2) is 29.1 Å². The quantitative estimate of drug-likeness (QED) is 0.619. The summed E-state index contributed by atoms with van der Waals surface area (Å²) in [5.74, 6) is 0. The topological polar surface area (TPSA) is 108 Å². The van der Waals surface area contributed by atoms with Gasteiger partial charge in [-0.25, -0.2) is 0 Å². The highest BCUT2D eigenvalue weighted by molar-refractivity contribution is 5.49. The Morgan fingerprint density at radius 1 is 1.28 bits per heavy atom. The van der Waals surface area contributed by atoms with E-state index in [1.165, 1.54) is 12.1 Å². The molecule has 0 saturated carbocycles. The van der Waals surface area contributed by atoms with Gasteiger partial charge in [0.1, 0.15) is 0 Å². The number of hydrogen-bond acceptors (Lipinski definition) is 6. The molecule has 96 valence electrons. The molecule has 2 rings (SSSR count). The highest BCUT2D eigenvalue weighted by atomic mass is 16.6. The fourth-order valence-corrected chi connectivity index (χ4v) is 1.59. The molecule has 8 heteroatoms. The Bertz CT molecular complexity index is 486. The Morgan fingerprint density at radius 2 is 2.00 bits per heavy atom. The number of benzene rings is 1. The number of rotatable bonds is 5. The third-order valence-electron chi connectivity index (χ3n) is 2.70. The lowest BCUT2D eigenvalue weighted by Gasteiger charge is -2.26. The molecule has 0 aliphatic carbocycles. The molecule has 0 unspecified atom stereocenters. The van der Waals surface area contributed by atoms with Gasteiger partial charge in [0.05, 0.1) is 35.2 Å². The number of nitrogens with zero attached hydrogens (tertiary/aromatic N) is 2. The van der Waals surface area contributed by atoms with E-state index in [-0.39, 0.29) is 17.4 Å². The smallest absolute Gasteiger partial charge is 0.280 e. The molecule has 1 saturated heterocycles. The summed E-state index contributed by atoms with van der Waals surface area (Å²) in [6.45, 7) is 1.46. The minimum absolute atomic E-state index is 0.194. The normalized spacial score (nSPS) is 15.1. The van der Waals surface area contributed by atoms with Crippen LogP contribution in [-0.2, 0) is 11.3 Å². The van der Waals surface area contributed by atoms with Crippen LogP contribution >= 0.6 is 0 Å². The summed E-state index contributed by atoms with van der Waals surface area (Å²) < 4.78 is 4.97. The van der Waals surface area contributed by atoms with Gasteiger partial charge in [-0.05, 0) is 6.07 Å². The van der Waals surface area contributed by atoms with Crippen molar-refractivity contribution in [3.63, 3.8) is 0 Å². The van der Waals surface area contributed by atoms with Crippen molar-refractivity contribution in [1.82, 2.24) is 5.32 Å². The van der Waals surface area contributed by atoms with Gasteiger partial charge in [0.2, 0.25) is 0 Å². The van der Waals surface area contributed by atoms with Crippen LogP contribution in [0.5, 0.6) is 0 Å². The molecule has 0 atom stereocenters. The van der Waals surface area contributed by atoms with E-state index in [9.17, 15) is 20.2 Å². The zero-order valence-corrected chi connectivity index (χ0v) is 9.37. The predicted octanol–water partition coefficient (Wildman–Crippen LogP) is 0.991. The summed E-state index contributed by atoms with van der Waals surface area (Å²) in [7, 11) is 0. The van der Waals surface area contributed by atoms with Crippen molar-refractivity contribution in [3.8, 4) is 0 Å². The third kappa shape index (κ3) is 2.60. The molecule has 0 bridgehead atoms. The first-order valence-corrected chi connectivity index (χ1v) is 5.31.